The molecule has 0 saturated carbocycles. The third-order valence-corrected chi connectivity index (χ3v) is 3.53. The fourth-order valence-corrected chi connectivity index (χ4v) is 2.39. The smallest absolute Gasteiger partial charge is 0.209 e. The van der Waals surface area contributed by atoms with Gasteiger partial charge >= 0.3 is 0 Å². The molecule has 20 heavy (non-hydrogen) atoms. The Morgan fingerprint density at radius 3 is 2.35 bits per heavy atom. The quantitative estimate of drug-likeness (QED) is 0.648. The van der Waals surface area contributed by atoms with E-state index < -0.39 is 0 Å². The second-order valence-corrected chi connectivity index (χ2v) is 5.59. The molecule has 0 aromatic heterocycles. The molecule has 112 valence electrons. The molecule has 2 rings (SSSR count). The molecule has 1 fully saturated rings. The average molecular weight is 299 g/mol. The molecule has 1 unspecified atom stereocenters. The topological polar surface area (TPSA) is 75.6 Å². The maximum absolute atomic E-state index is 9.43. The van der Waals surface area contributed by atoms with Crippen molar-refractivity contribution in [2.75, 3.05) is 37.0 Å². The van der Waals surface area contributed by atoms with E-state index in [1.807, 2.05) is 6.07 Å². The van der Waals surface area contributed by atoms with Crippen LogP contribution in [0.2, 0.25) is 5.02 Å². The Labute approximate surface area is 125 Å². The van der Waals surface area contributed by atoms with Gasteiger partial charge in [-0.25, -0.2) is 0 Å². The zero-order chi connectivity index (χ0) is 15.3. The Kier molecular flexibility index (Phi) is 5.95. The summed E-state index contributed by atoms with van der Waals surface area (Å²) in [6.45, 7) is 3.25. The summed E-state index contributed by atoms with van der Waals surface area (Å²) in [4.78, 5) is 13.2. The van der Waals surface area contributed by atoms with Crippen LogP contribution in [-0.2, 0) is 4.79 Å². The normalized spacial score (nSPS) is 17.4. The predicted octanol–water partition coefficient (Wildman–Crippen LogP) is 2.20. The van der Waals surface area contributed by atoms with Gasteiger partial charge in [0.15, 0.2) is 0 Å². The van der Waals surface area contributed by atoms with Crippen molar-refractivity contribution in [1.29, 1.82) is 0 Å². The van der Waals surface area contributed by atoms with Crippen LogP contribution in [-0.4, -0.2) is 38.0 Å². The van der Waals surface area contributed by atoms with E-state index in [4.69, 9.17) is 23.1 Å². The summed E-state index contributed by atoms with van der Waals surface area (Å²) in [5.41, 5.74) is 13.7. The number of nitrogen functional groups attached to an aromatic ring is 2. The van der Waals surface area contributed by atoms with E-state index >= 15 is 0 Å². The number of carbonyl (C=O) groups is 1. The highest BCUT2D eigenvalue weighted by Gasteiger charge is 2.22. The van der Waals surface area contributed by atoms with Gasteiger partial charge in [0.25, 0.3) is 0 Å². The fourth-order valence-electron chi connectivity index (χ4n) is 2.10. The van der Waals surface area contributed by atoms with Crippen LogP contribution >= 0.6 is 11.6 Å². The molecule has 0 aliphatic carbocycles. The molecule has 1 amide bonds. The highest BCUT2D eigenvalue weighted by atomic mass is 35.5. The van der Waals surface area contributed by atoms with Crippen LogP contribution in [0.5, 0.6) is 0 Å². The summed E-state index contributed by atoms with van der Waals surface area (Å²) in [7, 11) is 3.38. The lowest BCUT2D eigenvalue weighted by molar-refractivity contribution is -0.115. The third-order valence-electron chi connectivity index (χ3n) is 3.23. The molecule has 4 N–H and O–H groups in total. The van der Waals surface area contributed by atoms with Crippen molar-refractivity contribution >= 4 is 35.1 Å². The van der Waals surface area contributed by atoms with Gasteiger partial charge < -0.3 is 21.3 Å². The van der Waals surface area contributed by atoms with Crippen LogP contribution in [0.25, 0.3) is 0 Å². The van der Waals surface area contributed by atoms with Crippen molar-refractivity contribution in [3.63, 3.8) is 0 Å². The van der Waals surface area contributed by atoms with Crippen molar-refractivity contribution < 1.29 is 4.79 Å². The van der Waals surface area contributed by atoms with E-state index in [1.165, 1.54) is 17.7 Å². The number of carbonyl (C=O) groups excluding carboxylic acids is 1. The Balaban J connectivity index is 0.000000347. The summed E-state index contributed by atoms with van der Waals surface area (Å²) in [5.74, 6) is 0. The van der Waals surface area contributed by atoms with Crippen molar-refractivity contribution in [2.45, 2.75) is 25.8 Å². The lowest BCUT2D eigenvalue weighted by atomic mass is 10.2. The van der Waals surface area contributed by atoms with Crippen molar-refractivity contribution in [3.8, 4) is 0 Å². The van der Waals surface area contributed by atoms with E-state index in [2.05, 4.69) is 11.8 Å². The van der Waals surface area contributed by atoms with Crippen LogP contribution in [0.1, 0.15) is 19.8 Å². The molecule has 0 radical (unpaired) electrons. The number of halogens is 1. The average Bonchev–Trinajstić information content (AvgIpc) is 2.81. The number of nitrogens with two attached hydrogens (primary N) is 2. The zero-order valence-electron chi connectivity index (χ0n) is 12.3. The minimum atomic E-state index is 0.533. The first-order valence-electron chi connectivity index (χ1n) is 6.59. The molecule has 1 atom stereocenters. The van der Waals surface area contributed by atoms with Crippen LogP contribution in [0, 0.1) is 0 Å². The molecule has 1 heterocycles. The lowest BCUT2D eigenvalue weighted by Crippen LogP contribution is -2.26. The van der Waals surface area contributed by atoms with E-state index in [9.17, 15) is 4.79 Å². The monoisotopic (exact) mass is 298 g/mol. The lowest BCUT2D eigenvalue weighted by Gasteiger charge is -2.25. The number of hydrogen-bond acceptors (Lipinski definition) is 4. The molecule has 1 aromatic carbocycles. The zero-order valence-corrected chi connectivity index (χ0v) is 13.0. The van der Waals surface area contributed by atoms with Crippen LogP contribution < -0.4 is 16.4 Å². The summed E-state index contributed by atoms with van der Waals surface area (Å²) in [6.07, 6.45) is 3.17. The minimum absolute atomic E-state index is 0.533. The van der Waals surface area contributed by atoms with Gasteiger partial charge in [0.05, 0.1) is 22.1 Å². The van der Waals surface area contributed by atoms with E-state index in [0.717, 1.165) is 18.6 Å². The molecule has 0 bridgehead atoms. The standard InChI is InChI=1S/C11H16ClN3.C3H7NO/c1-7-3-2-4-15(7)11-6-10(14)9(13)5-8(11)12;1-4(2)3-5/h5-7H,2-4,13-14H2,1H3;3H,1-2H3. The number of anilines is 3. The maximum atomic E-state index is 9.43. The second-order valence-electron chi connectivity index (χ2n) is 5.19. The maximum Gasteiger partial charge on any atom is 0.209 e. The van der Waals surface area contributed by atoms with Gasteiger partial charge in [-0.3, -0.25) is 4.79 Å². The molecule has 1 aliphatic heterocycles. The number of hydrogen-bond donors (Lipinski definition) is 2. The molecule has 0 spiro atoms. The SMILES string of the molecule is CC1CCCN1c1cc(N)c(N)cc1Cl.CN(C)C=O. The van der Waals surface area contributed by atoms with Crippen LogP contribution in [0.4, 0.5) is 17.1 Å². The second kappa shape index (κ2) is 7.24. The van der Waals surface area contributed by atoms with Gasteiger partial charge in [0, 0.05) is 26.7 Å². The number of nitrogens with zero attached hydrogens (tertiary/aromatic N) is 2. The Morgan fingerprint density at radius 1 is 1.35 bits per heavy atom. The first-order chi connectivity index (χ1) is 9.36. The Bertz CT molecular complexity index is 465. The van der Waals surface area contributed by atoms with Gasteiger partial charge in [0.2, 0.25) is 6.41 Å². The Hall–Kier alpha value is -1.62. The fraction of sp³-hybridized carbons (Fsp3) is 0.500. The summed E-state index contributed by atoms with van der Waals surface area (Å²) < 4.78 is 0. The van der Waals surface area contributed by atoms with E-state index in [1.54, 1.807) is 20.2 Å². The van der Waals surface area contributed by atoms with Gasteiger partial charge in [-0.15, -0.1) is 0 Å². The highest BCUT2D eigenvalue weighted by molar-refractivity contribution is 6.33. The van der Waals surface area contributed by atoms with E-state index in [0.29, 0.717) is 22.4 Å². The number of rotatable bonds is 2. The molecular formula is C14H23ClN4O. The molecular weight excluding hydrogens is 276 g/mol. The van der Waals surface area contributed by atoms with E-state index in [-0.39, 0.29) is 0 Å². The van der Waals surface area contributed by atoms with Gasteiger partial charge in [-0.05, 0) is 31.9 Å². The van der Waals surface area contributed by atoms with Crippen molar-refractivity contribution in [3.05, 3.63) is 17.2 Å². The van der Waals surface area contributed by atoms with Crippen molar-refractivity contribution in [2.24, 2.45) is 0 Å². The van der Waals surface area contributed by atoms with Gasteiger partial charge in [-0.2, -0.15) is 0 Å². The molecule has 1 aromatic rings. The summed E-state index contributed by atoms with van der Waals surface area (Å²) in [5, 5.41) is 0.690. The number of amides is 1. The predicted molar refractivity (Wildman–Crippen MR) is 86.1 cm³/mol. The first-order valence-corrected chi connectivity index (χ1v) is 6.97. The third kappa shape index (κ3) is 4.20. The minimum Gasteiger partial charge on any atom is -0.397 e. The first kappa shape index (κ1) is 16.4. The highest BCUT2D eigenvalue weighted by Crippen LogP contribution is 2.35. The van der Waals surface area contributed by atoms with Crippen LogP contribution in [0.3, 0.4) is 0 Å². The molecule has 5 nitrogen and oxygen atoms in total. The summed E-state index contributed by atoms with van der Waals surface area (Å²) >= 11 is 6.17. The van der Waals surface area contributed by atoms with Crippen molar-refractivity contribution in [1.82, 2.24) is 4.90 Å². The van der Waals surface area contributed by atoms with Gasteiger partial charge in [-0.1, -0.05) is 11.6 Å². The molecule has 6 heteroatoms. The Morgan fingerprint density at radius 2 is 1.90 bits per heavy atom. The largest absolute Gasteiger partial charge is 0.397 e. The molecule has 1 saturated heterocycles. The molecule has 1 aliphatic rings. The summed E-state index contributed by atoms with van der Waals surface area (Å²) in [6, 6.07) is 4.14. The van der Waals surface area contributed by atoms with Crippen LogP contribution in [0.15, 0.2) is 12.1 Å². The van der Waals surface area contributed by atoms with Gasteiger partial charge in [0.1, 0.15) is 0 Å². The number of benzene rings is 1.